The number of pyridine rings is 2. The van der Waals surface area contributed by atoms with Gasteiger partial charge in [0.15, 0.2) is 0 Å². The molecule has 0 aliphatic heterocycles. The average molecular weight is 375 g/mol. The van der Waals surface area contributed by atoms with Crippen LogP contribution in [0.2, 0.25) is 0 Å². The summed E-state index contributed by atoms with van der Waals surface area (Å²) < 4.78 is 10.8. The molecule has 4 aromatic rings. The van der Waals surface area contributed by atoms with Gasteiger partial charge in [0.05, 0.1) is 11.2 Å². The monoisotopic (exact) mass is 375 g/mol. The zero-order valence-electron chi connectivity index (χ0n) is 15.8. The Bertz CT molecular complexity index is 1080. The van der Waals surface area contributed by atoms with E-state index in [9.17, 15) is 0 Å². The Morgan fingerprint density at radius 1 is 1.04 bits per heavy atom. The highest BCUT2D eigenvalue weighted by atomic mass is 16.6. The van der Waals surface area contributed by atoms with Gasteiger partial charge in [0.1, 0.15) is 18.0 Å². The lowest BCUT2D eigenvalue weighted by molar-refractivity contribution is 0.286. The van der Waals surface area contributed by atoms with Crippen LogP contribution in [0.4, 0.5) is 0 Å². The van der Waals surface area contributed by atoms with E-state index in [1.807, 2.05) is 31.2 Å². The molecule has 3 heterocycles. The summed E-state index contributed by atoms with van der Waals surface area (Å²) in [6.45, 7) is 5.45. The summed E-state index contributed by atoms with van der Waals surface area (Å²) in [6.07, 6.45) is 1.76. The van der Waals surface area contributed by atoms with E-state index in [4.69, 9.17) is 14.3 Å². The van der Waals surface area contributed by atoms with Gasteiger partial charge in [-0.05, 0) is 44.2 Å². The summed E-state index contributed by atoms with van der Waals surface area (Å²) in [7, 11) is 0. The van der Waals surface area contributed by atoms with E-state index in [1.54, 1.807) is 6.20 Å². The summed E-state index contributed by atoms with van der Waals surface area (Å²) in [5, 5.41) is 12.2. The van der Waals surface area contributed by atoms with Crippen molar-refractivity contribution in [3.63, 3.8) is 0 Å². The van der Waals surface area contributed by atoms with Crippen LogP contribution in [0.3, 0.4) is 0 Å². The highest BCUT2D eigenvalue weighted by molar-refractivity contribution is 5.80. The van der Waals surface area contributed by atoms with E-state index in [-0.39, 0.29) is 0 Å². The lowest BCUT2D eigenvalue weighted by atomic mass is 10.1. The average Bonchev–Trinajstić information content (AvgIpc) is 3.12. The first-order chi connectivity index (χ1) is 13.7. The third-order valence-electron chi connectivity index (χ3n) is 4.45. The molecule has 3 aromatic heterocycles. The van der Waals surface area contributed by atoms with Crippen molar-refractivity contribution in [3.8, 4) is 5.88 Å². The number of aromatic nitrogens is 4. The van der Waals surface area contributed by atoms with Gasteiger partial charge in [-0.3, -0.25) is 4.98 Å². The minimum absolute atomic E-state index is 0.366. The van der Waals surface area contributed by atoms with Crippen LogP contribution < -0.4 is 10.1 Å². The summed E-state index contributed by atoms with van der Waals surface area (Å²) in [6, 6.07) is 14.1. The number of ether oxygens (including phenoxy) is 1. The maximum atomic E-state index is 6.01. The molecular formula is C21H21N5O2. The molecule has 0 aliphatic carbocycles. The van der Waals surface area contributed by atoms with Gasteiger partial charge in [-0.15, -0.1) is 0 Å². The van der Waals surface area contributed by atoms with Crippen LogP contribution in [0, 0.1) is 13.8 Å². The highest BCUT2D eigenvalue weighted by Gasteiger charge is 2.11. The molecule has 0 aliphatic rings. The fourth-order valence-corrected chi connectivity index (χ4v) is 2.92. The second-order valence-electron chi connectivity index (χ2n) is 6.66. The van der Waals surface area contributed by atoms with Crippen LogP contribution in [0.1, 0.15) is 28.2 Å². The number of hydrogen-bond donors (Lipinski definition) is 1. The predicted octanol–water partition coefficient (Wildman–Crippen LogP) is 3.50. The fraction of sp³-hybridized carbons (Fsp3) is 0.238. The van der Waals surface area contributed by atoms with Crippen molar-refractivity contribution in [3.05, 3.63) is 76.9 Å². The number of rotatable bonds is 7. The first-order valence-electron chi connectivity index (χ1n) is 9.11. The molecule has 0 saturated carbocycles. The zero-order chi connectivity index (χ0) is 19.3. The maximum absolute atomic E-state index is 6.01. The van der Waals surface area contributed by atoms with E-state index in [2.05, 4.69) is 45.7 Å². The summed E-state index contributed by atoms with van der Waals surface area (Å²) in [5.74, 6) is 0.601. The lowest BCUT2D eigenvalue weighted by Gasteiger charge is -2.13. The Labute approximate surface area is 162 Å². The molecule has 0 amide bonds. The zero-order valence-corrected chi connectivity index (χ0v) is 15.8. The highest BCUT2D eigenvalue weighted by Crippen LogP contribution is 2.24. The molecule has 7 heteroatoms. The third-order valence-corrected chi connectivity index (χ3v) is 4.45. The molecule has 1 aromatic carbocycles. The Hall–Kier alpha value is -3.32. The maximum Gasteiger partial charge on any atom is 0.218 e. The van der Waals surface area contributed by atoms with Gasteiger partial charge in [0.2, 0.25) is 5.88 Å². The lowest BCUT2D eigenvalue weighted by Crippen LogP contribution is -2.15. The fourth-order valence-electron chi connectivity index (χ4n) is 2.92. The van der Waals surface area contributed by atoms with E-state index in [1.165, 1.54) is 5.56 Å². The predicted molar refractivity (Wildman–Crippen MR) is 105 cm³/mol. The molecule has 4 rings (SSSR count). The molecule has 7 nitrogen and oxygen atoms in total. The standard InChI is InChI=1S/C21H21N5O2/c1-14-6-7-19-16(9-14)10-17(11-22-12-20-15(2)25-28-26-20)21(24-19)27-13-18-5-3-4-8-23-18/h3-10,22H,11-13H2,1-2H3. The van der Waals surface area contributed by atoms with Gasteiger partial charge >= 0.3 is 0 Å². The number of benzene rings is 1. The van der Waals surface area contributed by atoms with Gasteiger partial charge < -0.3 is 10.1 Å². The van der Waals surface area contributed by atoms with Crippen molar-refractivity contribution in [1.29, 1.82) is 0 Å². The van der Waals surface area contributed by atoms with Crippen LogP contribution in [-0.4, -0.2) is 20.3 Å². The molecular weight excluding hydrogens is 354 g/mol. The van der Waals surface area contributed by atoms with Crippen LogP contribution in [-0.2, 0) is 19.7 Å². The minimum Gasteiger partial charge on any atom is -0.471 e. The number of fused-ring (bicyclic) bond motifs is 1. The molecule has 0 unspecified atom stereocenters. The minimum atomic E-state index is 0.366. The molecule has 0 atom stereocenters. The van der Waals surface area contributed by atoms with Crippen LogP contribution >= 0.6 is 0 Å². The first-order valence-corrected chi connectivity index (χ1v) is 9.11. The third kappa shape index (κ3) is 4.15. The van der Waals surface area contributed by atoms with Crippen LogP contribution in [0.15, 0.2) is 53.3 Å². The number of nitrogens with zero attached hydrogens (tertiary/aromatic N) is 4. The Morgan fingerprint density at radius 2 is 1.96 bits per heavy atom. The van der Waals surface area contributed by atoms with E-state index in [0.29, 0.717) is 25.6 Å². The molecule has 0 radical (unpaired) electrons. The van der Waals surface area contributed by atoms with Gasteiger partial charge in [-0.2, -0.15) is 0 Å². The molecule has 1 N–H and O–H groups in total. The molecule has 0 saturated heterocycles. The second kappa shape index (κ2) is 8.14. The molecule has 0 bridgehead atoms. The summed E-state index contributed by atoms with van der Waals surface area (Å²) in [4.78, 5) is 9.04. The second-order valence-corrected chi connectivity index (χ2v) is 6.66. The van der Waals surface area contributed by atoms with Gasteiger partial charge in [-0.25, -0.2) is 9.61 Å². The molecule has 28 heavy (non-hydrogen) atoms. The van der Waals surface area contributed by atoms with Gasteiger partial charge in [0, 0.05) is 30.2 Å². The van der Waals surface area contributed by atoms with Crippen LogP contribution in [0.5, 0.6) is 5.88 Å². The quantitative estimate of drug-likeness (QED) is 0.529. The SMILES string of the molecule is Cc1ccc2nc(OCc3ccccn3)c(CNCc3nonc3C)cc2c1. The van der Waals surface area contributed by atoms with Crippen LogP contribution in [0.25, 0.3) is 10.9 Å². The number of nitrogens with one attached hydrogen (secondary N) is 1. The summed E-state index contributed by atoms with van der Waals surface area (Å²) in [5.41, 5.74) is 5.51. The van der Waals surface area contributed by atoms with E-state index in [0.717, 1.165) is 33.5 Å². The Morgan fingerprint density at radius 3 is 2.75 bits per heavy atom. The van der Waals surface area contributed by atoms with Gasteiger partial charge in [0.25, 0.3) is 0 Å². The van der Waals surface area contributed by atoms with Crippen molar-refractivity contribution in [2.24, 2.45) is 0 Å². The first kappa shape index (κ1) is 18.1. The number of aryl methyl sites for hydroxylation is 2. The largest absolute Gasteiger partial charge is 0.471 e. The normalized spacial score (nSPS) is 11.1. The van der Waals surface area contributed by atoms with Gasteiger partial charge in [-0.1, -0.05) is 28.0 Å². The topological polar surface area (TPSA) is 86.0 Å². The van der Waals surface area contributed by atoms with E-state index >= 15 is 0 Å². The van der Waals surface area contributed by atoms with E-state index < -0.39 is 0 Å². The molecule has 0 fully saturated rings. The smallest absolute Gasteiger partial charge is 0.218 e. The van der Waals surface area contributed by atoms with Crippen molar-refractivity contribution in [1.82, 2.24) is 25.6 Å². The van der Waals surface area contributed by atoms with Crippen molar-refractivity contribution in [2.45, 2.75) is 33.5 Å². The Kier molecular flexibility index (Phi) is 5.25. The molecule has 0 spiro atoms. The van der Waals surface area contributed by atoms with Crippen molar-refractivity contribution < 1.29 is 9.37 Å². The van der Waals surface area contributed by atoms with Crippen molar-refractivity contribution >= 4 is 10.9 Å². The van der Waals surface area contributed by atoms with Crippen molar-refractivity contribution in [2.75, 3.05) is 0 Å². The Balaban J connectivity index is 1.56. The summed E-state index contributed by atoms with van der Waals surface area (Å²) >= 11 is 0. The number of hydrogen-bond acceptors (Lipinski definition) is 7. The molecule has 142 valence electrons.